The van der Waals surface area contributed by atoms with Crippen molar-refractivity contribution in [1.29, 1.82) is 0 Å². The number of hydrogen-bond donors (Lipinski definition) is 2. The van der Waals surface area contributed by atoms with Crippen LogP contribution in [0, 0.1) is 5.92 Å². The Morgan fingerprint density at radius 1 is 1.25 bits per heavy atom. The first kappa shape index (κ1) is 13.6. The molecule has 2 heterocycles. The Balaban J connectivity index is 1.80. The van der Waals surface area contributed by atoms with E-state index in [1.807, 2.05) is 0 Å². The van der Waals surface area contributed by atoms with Gasteiger partial charge in [0.1, 0.15) is 5.00 Å². The summed E-state index contributed by atoms with van der Waals surface area (Å²) < 4.78 is 5.24. The Morgan fingerprint density at radius 3 is 2.70 bits per heavy atom. The fourth-order valence-electron chi connectivity index (χ4n) is 2.89. The van der Waals surface area contributed by atoms with Gasteiger partial charge in [0.2, 0.25) is 5.91 Å². The lowest BCUT2D eigenvalue weighted by Crippen LogP contribution is -2.28. The Kier molecular flexibility index (Phi) is 3.76. The highest BCUT2D eigenvalue weighted by atomic mass is 32.1. The summed E-state index contributed by atoms with van der Waals surface area (Å²) in [6.07, 6.45) is 4.16. The molecule has 1 aromatic rings. The number of carbonyl (C=O) groups is 2. The summed E-state index contributed by atoms with van der Waals surface area (Å²) in [5, 5.41) is 12.7. The molecule has 0 saturated carbocycles. The molecule has 0 radical (unpaired) electrons. The van der Waals surface area contributed by atoms with Crippen molar-refractivity contribution >= 4 is 28.2 Å². The molecule has 0 bridgehead atoms. The number of carboxylic acid groups (broad SMARTS) is 1. The number of carbonyl (C=O) groups excluding carboxylic acids is 1. The van der Waals surface area contributed by atoms with Gasteiger partial charge in [0.05, 0.1) is 5.56 Å². The number of fused-ring (bicyclic) bond motifs is 1. The molecule has 108 valence electrons. The molecule has 0 unspecified atom stereocenters. The molecule has 6 heteroatoms. The second kappa shape index (κ2) is 5.54. The molecule has 1 amide bonds. The lowest BCUT2D eigenvalue weighted by Gasteiger charge is -2.21. The van der Waals surface area contributed by atoms with E-state index in [0.29, 0.717) is 36.6 Å². The van der Waals surface area contributed by atoms with Crippen molar-refractivity contribution in [2.24, 2.45) is 5.92 Å². The van der Waals surface area contributed by atoms with Crippen molar-refractivity contribution in [3.05, 3.63) is 16.0 Å². The monoisotopic (exact) mass is 295 g/mol. The molecular formula is C14H17NO4S. The van der Waals surface area contributed by atoms with Gasteiger partial charge in [-0.3, -0.25) is 4.79 Å². The van der Waals surface area contributed by atoms with E-state index < -0.39 is 5.97 Å². The van der Waals surface area contributed by atoms with Crippen LogP contribution in [0.2, 0.25) is 0 Å². The van der Waals surface area contributed by atoms with Crippen LogP contribution in [-0.2, 0) is 22.4 Å². The molecule has 0 atom stereocenters. The van der Waals surface area contributed by atoms with Gasteiger partial charge in [0.15, 0.2) is 0 Å². The van der Waals surface area contributed by atoms with E-state index in [-0.39, 0.29) is 11.8 Å². The summed E-state index contributed by atoms with van der Waals surface area (Å²) >= 11 is 1.43. The third-order valence-corrected chi connectivity index (χ3v) is 5.17. The van der Waals surface area contributed by atoms with Gasteiger partial charge in [-0.2, -0.15) is 0 Å². The first-order chi connectivity index (χ1) is 9.66. The second-order valence-electron chi connectivity index (χ2n) is 5.24. The lowest BCUT2D eigenvalue weighted by atomic mass is 9.99. The number of carboxylic acids is 1. The van der Waals surface area contributed by atoms with Crippen molar-refractivity contribution in [2.75, 3.05) is 18.5 Å². The quantitative estimate of drug-likeness (QED) is 0.897. The Morgan fingerprint density at radius 2 is 2.00 bits per heavy atom. The predicted molar refractivity (Wildman–Crippen MR) is 75.5 cm³/mol. The average Bonchev–Trinajstić information content (AvgIpc) is 2.99. The number of rotatable bonds is 3. The molecule has 1 fully saturated rings. The van der Waals surface area contributed by atoms with E-state index in [0.717, 1.165) is 29.7 Å². The van der Waals surface area contributed by atoms with E-state index in [4.69, 9.17) is 4.74 Å². The van der Waals surface area contributed by atoms with Crippen LogP contribution in [0.5, 0.6) is 0 Å². The Hall–Kier alpha value is -1.40. The molecule has 1 aromatic heterocycles. The van der Waals surface area contributed by atoms with Gasteiger partial charge in [-0.1, -0.05) is 0 Å². The number of ether oxygens (including phenoxy) is 1. The van der Waals surface area contributed by atoms with Crippen molar-refractivity contribution in [3.8, 4) is 0 Å². The van der Waals surface area contributed by atoms with Crippen LogP contribution in [0.1, 0.15) is 40.1 Å². The summed E-state index contributed by atoms with van der Waals surface area (Å²) in [4.78, 5) is 24.8. The largest absolute Gasteiger partial charge is 0.478 e. The van der Waals surface area contributed by atoms with E-state index in [1.165, 1.54) is 11.3 Å². The van der Waals surface area contributed by atoms with Crippen LogP contribution in [0.4, 0.5) is 5.00 Å². The Bertz CT molecular complexity index is 546. The zero-order valence-electron chi connectivity index (χ0n) is 11.1. The third kappa shape index (κ3) is 2.45. The van der Waals surface area contributed by atoms with Gasteiger partial charge in [-0.15, -0.1) is 11.3 Å². The molecule has 1 aliphatic carbocycles. The van der Waals surface area contributed by atoms with Crippen molar-refractivity contribution < 1.29 is 19.4 Å². The van der Waals surface area contributed by atoms with Crippen LogP contribution in [0.15, 0.2) is 0 Å². The van der Waals surface area contributed by atoms with Crippen molar-refractivity contribution in [3.63, 3.8) is 0 Å². The lowest BCUT2D eigenvalue weighted by molar-refractivity contribution is -0.122. The first-order valence-corrected chi connectivity index (χ1v) is 7.75. The molecule has 20 heavy (non-hydrogen) atoms. The molecule has 1 aliphatic heterocycles. The summed E-state index contributed by atoms with van der Waals surface area (Å²) in [6, 6.07) is 0. The minimum absolute atomic E-state index is 0.0673. The fourth-order valence-corrected chi connectivity index (χ4v) is 4.18. The standard InChI is InChI=1S/C14H17NO4S/c16-12(8-4-6-19-7-5-8)15-13-11(14(17)18)9-2-1-3-10(9)20-13/h8H,1-7H2,(H,15,16)(H,17,18). The third-order valence-electron chi connectivity index (χ3n) is 3.96. The summed E-state index contributed by atoms with van der Waals surface area (Å²) in [5.41, 5.74) is 1.23. The molecule has 3 rings (SSSR count). The molecule has 0 aromatic carbocycles. The van der Waals surface area contributed by atoms with Gasteiger partial charge in [-0.25, -0.2) is 4.79 Å². The maximum absolute atomic E-state index is 12.2. The number of anilines is 1. The highest BCUT2D eigenvalue weighted by Gasteiger charge is 2.29. The summed E-state index contributed by atoms with van der Waals surface area (Å²) in [5.74, 6) is -1.08. The minimum Gasteiger partial charge on any atom is -0.478 e. The van der Waals surface area contributed by atoms with Crippen molar-refractivity contribution in [2.45, 2.75) is 32.1 Å². The normalized spacial score (nSPS) is 18.8. The molecule has 2 aliphatic rings. The van der Waals surface area contributed by atoms with Gasteiger partial charge >= 0.3 is 5.97 Å². The van der Waals surface area contributed by atoms with E-state index in [1.54, 1.807) is 0 Å². The molecule has 5 nitrogen and oxygen atoms in total. The number of thiophene rings is 1. The first-order valence-electron chi connectivity index (χ1n) is 6.93. The zero-order valence-corrected chi connectivity index (χ0v) is 11.9. The van der Waals surface area contributed by atoms with Crippen LogP contribution >= 0.6 is 11.3 Å². The van der Waals surface area contributed by atoms with Crippen molar-refractivity contribution in [1.82, 2.24) is 0 Å². The zero-order chi connectivity index (χ0) is 14.1. The smallest absolute Gasteiger partial charge is 0.339 e. The maximum Gasteiger partial charge on any atom is 0.339 e. The Labute approximate surface area is 120 Å². The van der Waals surface area contributed by atoms with Gasteiger partial charge in [0.25, 0.3) is 0 Å². The average molecular weight is 295 g/mol. The number of hydrogen-bond acceptors (Lipinski definition) is 4. The predicted octanol–water partition coefficient (Wildman–Crippen LogP) is 2.30. The molecular weight excluding hydrogens is 278 g/mol. The van der Waals surface area contributed by atoms with Crippen LogP contribution in [0.25, 0.3) is 0 Å². The topological polar surface area (TPSA) is 75.6 Å². The number of aromatic carboxylic acids is 1. The van der Waals surface area contributed by atoms with Crippen LogP contribution < -0.4 is 5.32 Å². The highest BCUT2D eigenvalue weighted by Crippen LogP contribution is 2.39. The molecule has 1 saturated heterocycles. The van der Waals surface area contributed by atoms with Gasteiger partial charge in [0, 0.05) is 24.0 Å². The summed E-state index contributed by atoms with van der Waals surface area (Å²) in [6.45, 7) is 1.20. The minimum atomic E-state index is -0.938. The molecule has 0 spiro atoms. The van der Waals surface area contributed by atoms with Crippen LogP contribution in [0.3, 0.4) is 0 Å². The number of aryl methyl sites for hydroxylation is 1. The maximum atomic E-state index is 12.2. The van der Waals surface area contributed by atoms with E-state index in [9.17, 15) is 14.7 Å². The highest BCUT2D eigenvalue weighted by molar-refractivity contribution is 7.17. The second-order valence-corrected chi connectivity index (χ2v) is 6.35. The van der Waals surface area contributed by atoms with Crippen LogP contribution in [-0.4, -0.2) is 30.2 Å². The van der Waals surface area contributed by atoms with Gasteiger partial charge in [-0.05, 0) is 37.7 Å². The fraction of sp³-hybridized carbons (Fsp3) is 0.571. The molecule has 2 N–H and O–H groups in total. The number of amides is 1. The SMILES string of the molecule is O=C(O)c1c(NC(=O)C2CCOCC2)sc2c1CCC2. The number of nitrogens with one attached hydrogen (secondary N) is 1. The van der Waals surface area contributed by atoms with Gasteiger partial charge < -0.3 is 15.2 Å². The summed E-state index contributed by atoms with van der Waals surface area (Å²) in [7, 11) is 0. The van der Waals surface area contributed by atoms with E-state index in [2.05, 4.69) is 5.32 Å². The van der Waals surface area contributed by atoms with E-state index >= 15 is 0 Å².